The molecule has 0 aliphatic heterocycles. The number of thiocarbonyl (C=S) groups is 1. The van der Waals surface area contributed by atoms with Crippen molar-refractivity contribution >= 4 is 66.6 Å². The first-order valence-corrected chi connectivity index (χ1v) is 4.49. The lowest BCUT2D eigenvalue weighted by molar-refractivity contribution is 1.88. The topological polar surface area (TPSA) is 12.4 Å². The molecule has 0 aliphatic rings. The summed E-state index contributed by atoms with van der Waals surface area (Å²) in [5, 5.41) is 0. The van der Waals surface area contributed by atoms with Crippen LogP contribution in [0.1, 0.15) is 0 Å². The van der Waals surface area contributed by atoms with Crippen molar-refractivity contribution in [2.45, 2.75) is 0 Å². The van der Waals surface area contributed by atoms with Crippen LogP contribution in [0, 0.1) is 0 Å². The van der Waals surface area contributed by atoms with Crippen LogP contribution in [-0.4, -0.2) is 9.21 Å². The van der Waals surface area contributed by atoms with Crippen LogP contribution in [0.4, 0.5) is 0 Å². The van der Waals surface area contributed by atoms with Crippen molar-refractivity contribution < 1.29 is 0 Å². The molecule has 4 heteroatoms. The Morgan fingerprint density at radius 2 is 2.25 bits per heavy atom. The number of rotatable bonds is 1. The zero-order valence-corrected chi connectivity index (χ0v) is 8.97. The highest BCUT2D eigenvalue weighted by atomic mass is 127. The molecule has 0 aromatic rings. The lowest BCUT2D eigenvalue weighted by Gasteiger charge is -1.73. The number of hydrogen-bond acceptors (Lipinski definition) is 1. The molecule has 1 nitrogen and oxygen atoms in total. The molecule has 0 rings (SSSR count). The fourth-order valence-corrected chi connectivity index (χ4v) is 0.542. The fraction of sp³-hybridized carbons (Fsp3) is 0. The lowest BCUT2D eigenvalue weighted by atomic mass is 10.7. The molecule has 8 heavy (non-hydrogen) atoms. The van der Waals surface area contributed by atoms with Crippen LogP contribution in [0.2, 0.25) is 0 Å². The van der Waals surface area contributed by atoms with Crippen molar-refractivity contribution in [1.29, 1.82) is 0 Å². The van der Waals surface area contributed by atoms with Gasteiger partial charge < -0.3 is 0 Å². The van der Waals surface area contributed by atoms with Gasteiger partial charge >= 0.3 is 0 Å². The normalized spacial score (nSPS) is 11.2. The predicted molar refractivity (Wildman–Crippen MR) is 58.3 cm³/mol. The first-order chi connectivity index (χ1) is 3.77. The van der Waals surface area contributed by atoms with Crippen LogP contribution < -0.4 is 0 Å². The zero-order chi connectivity index (χ0) is 6.41. The minimum absolute atomic E-state index is 0.636. The maximum atomic E-state index is 4.66. The third-order valence-electron chi connectivity index (χ3n) is 0.335. The molecule has 0 atom stereocenters. The van der Waals surface area contributed by atoms with Crippen LogP contribution in [0.3, 0.4) is 0 Å². The molecular weight excluding hydrogens is 348 g/mol. The summed E-state index contributed by atoms with van der Waals surface area (Å²) in [5.74, 6) is 0. The van der Waals surface area contributed by atoms with Gasteiger partial charge in [0.2, 0.25) is 0 Å². The van der Waals surface area contributed by atoms with E-state index in [4.69, 9.17) is 0 Å². The molecule has 0 radical (unpaired) electrons. The first kappa shape index (κ1) is 8.96. The largest absolute Gasteiger partial charge is 0.239 e. The summed E-state index contributed by atoms with van der Waals surface area (Å²) in [6, 6.07) is 0. The molecule has 0 spiro atoms. The standard InChI is InChI=1S/C4H3I2NS/c5-2-1-3-7-4(6)8/h1-3H/b2-1-,7-3?. The summed E-state index contributed by atoms with van der Waals surface area (Å²) in [6.07, 6.45) is 3.49. The van der Waals surface area contributed by atoms with Crippen LogP contribution in [-0.2, 0) is 0 Å². The molecule has 0 amide bonds. The Hall–Kier alpha value is 0.960. The van der Waals surface area contributed by atoms with Gasteiger partial charge in [-0.15, -0.1) is 0 Å². The van der Waals surface area contributed by atoms with E-state index in [1.54, 1.807) is 6.21 Å². The molecule has 0 N–H and O–H groups in total. The fourth-order valence-electron chi connectivity index (χ4n) is 0.134. The molecule has 0 aliphatic carbocycles. The first-order valence-electron chi connectivity index (χ1n) is 1.76. The molecule has 0 heterocycles. The van der Waals surface area contributed by atoms with E-state index in [0.717, 1.165) is 0 Å². The van der Waals surface area contributed by atoms with Gasteiger partial charge in [-0.25, -0.2) is 4.99 Å². The molecule has 0 saturated carbocycles. The Morgan fingerprint density at radius 1 is 1.62 bits per heavy atom. The highest BCUT2D eigenvalue weighted by Crippen LogP contribution is 1.89. The van der Waals surface area contributed by atoms with E-state index in [0.29, 0.717) is 3.00 Å². The van der Waals surface area contributed by atoms with Crippen molar-refractivity contribution in [2.24, 2.45) is 4.99 Å². The molecule has 0 fully saturated rings. The summed E-state index contributed by atoms with van der Waals surface area (Å²) in [6.45, 7) is 0. The van der Waals surface area contributed by atoms with Crippen LogP contribution >= 0.6 is 57.4 Å². The van der Waals surface area contributed by atoms with Gasteiger partial charge in [0.05, 0.1) is 0 Å². The van der Waals surface area contributed by atoms with Gasteiger partial charge in [0, 0.05) is 6.21 Å². The number of nitrogens with zero attached hydrogens (tertiary/aromatic N) is 1. The van der Waals surface area contributed by atoms with Crippen molar-refractivity contribution in [1.82, 2.24) is 0 Å². The molecule has 0 saturated heterocycles. The van der Waals surface area contributed by atoms with E-state index in [2.05, 4.69) is 39.8 Å². The SMILES string of the molecule is S=C(I)N=C/C=C\I. The quantitative estimate of drug-likeness (QED) is 0.233. The second-order valence-corrected chi connectivity index (χ2v) is 3.71. The van der Waals surface area contributed by atoms with Crippen molar-refractivity contribution in [2.75, 3.05) is 0 Å². The Morgan fingerprint density at radius 3 is 2.62 bits per heavy atom. The highest BCUT2D eigenvalue weighted by Gasteiger charge is 1.73. The average molecular weight is 351 g/mol. The summed E-state index contributed by atoms with van der Waals surface area (Å²) in [4.78, 5) is 3.82. The van der Waals surface area contributed by atoms with E-state index >= 15 is 0 Å². The van der Waals surface area contributed by atoms with Crippen LogP contribution in [0.5, 0.6) is 0 Å². The Kier molecular flexibility index (Phi) is 6.82. The summed E-state index contributed by atoms with van der Waals surface area (Å²) in [7, 11) is 0. The molecule has 0 aromatic carbocycles. The average Bonchev–Trinajstić information content (AvgIpc) is 1.66. The van der Waals surface area contributed by atoms with E-state index in [1.165, 1.54) is 0 Å². The Labute approximate surface area is 80.9 Å². The second kappa shape index (κ2) is 6.09. The zero-order valence-electron chi connectivity index (χ0n) is 3.84. The third-order valence-corrected chi connectivity index (χ3v) is 1.13. The van der Waals surface area contributed by atoms with Gasteiger partial charge in [0.1, 0.15) is 0 Å². The minimum Gasteiger partial charge on any atom is -0.239 e. The van der Waals surface area contributed by atoms with Gasteiger partial charge in [-0.3, -0.25) is 0 Å². The van der Waals surface area contributed by atoms with E-state index in [1.807, 2.05) is 32.7 Å². The van der Waals surface area contributed by atoms with Crippen LogP contribution in [0.15, 0.2) is 15.2 Å². The second-order valence-electron chi connectivity index (χ2n) is 0.850. The maximum absolute atomic E-state index is 4.66. The smallest absolute Gasteiger partial charge is 0.163 e. The Balaban J connectivity index is 3.50. The van der Waals surface area contributed by atoms with Gasteiger partial charge in [-0.2, -0.15) is 0 Å². The molecule has 0 bridgehead atoms. The maximum Gasteiger partial charge on any atom is 0.163 e. The summed E-state index contributed by atoms with van der Waals surface area (Å²) in [5.41, 5.74) is 0. The van der Waals surface area contributed by atoms with Gasteiger partial charge in [-0.1, -0.05) is 34.8 Å². The lowest BCUT2D eigenvalue weighted by Crippen LogP contribution is -1.70. The molecule has 0 unspecified atom stereocenters. The monoisotopic (exact) mass is 351 g/mol. The van der Waals surface area contributed by atoms with E-state index in [9.17, 15) is 0 Å². The van der Waals surface area contributed by atoms with Crippen molar-refractivity contribution in [3.63, 3.8) is 0 Å². The van der Waals surface area contributed by atoms with Crippen LogP contribution in [0.25, 0.3) is 0 Å². The summed E-state index contributed by atoms with van der Waals surface area (Å²) >= 11 is 8.76. The van der Waals surface area contributed by atoms with Crippen molar-refractivity contribution in [3.8, 4) is 0 Å². The number of allylic oxidation sites excluding steroid dienone is 1. The number of aliphatic imine (C=N–C) groups is 1. The minimum atomic E-state index is 0.636. The Bertz CT molecular complexity index is 130. The van der Waals surface area contributed by atoms with Gasteiger partial charge in [0.15, 0.2) is 3.00 Å². The van der Waals surface area contributed by atoms with Gasteiger partial charge in [0.25, 0.3) is 0 Å². The molecule has 0 aromatic heterocycles. The highest BCUT2D eigenvalue weighted by molar-refractivity contribution is 14.1. The van der Waals surface area contributed by atoms with Crippen molar-refractivity contribution in [3.05, 3.63) is 10.2 Å². The van der Waals surface area contributed by atoms with E-state index < -0.39 is 0 Å². The van der Waals surface area contributed by atoms with Gasteiger partial charge in [-0.05, 0) is 32.7 Å². The molecule has 44 valence electrons. The number of halogens is 2. The van der Waals surface area contributed by atoms with E-state index in [-0.39, 0.29) is 0 Å². The predicted octanol–water partition coefficient (Wildman–Crippen LogP) is 2.73. The number of hydrogen-bond donors (Lipinski definition) is 0. The molecular formula is C4H3I2NS. The summed E-state index contributed by atoms with van der Waals surface area (Å²) < 4.78 is 2.51. The third kappa shape index (κ3) is 6.96.